The van der Waals surface area contributed by atoms with E-state index >= 15 is 0 Å². The van der Waals surface area contributed by atoms with E-state index in [1.807, 2.05) is 0 Å². The van der Waals surface area contributed by atoms with Crippen LogP contribution >= 0.6 is 0 Å². The van der Waals surface area contributed by atoms with Crippen LogP contribution in [0.4, 0.5) is 0 Å². The van der Waals surface area contributed by atoms with Crippen molar-refractivity contribution in [2.24, 2.45) is 17.8 Å². The molecule has 2 atom stereocenters. The Morgan fingerprint density at radius 1 is 0.260 bits per heavy atom. The van der Waals surface area contributed by atoms with Crippen molar-refractivity contribution in [1.29, 1.82) is 0 Å². The van der Waals surface area contributed by atoms with E-state index < -0.39 is 6.10 Å². The molecule has 0 bridgehead atoms. The van der Waals surface area contributed by atoms with Gasteiger partial charge < -0.3 is 14.2 Å². The molecule has 0 aliphatic rings. The lowest BCUT2D eigenvalue weighted by Gasteiger charge is -2.18. The average molecular weight is 1090 g/mol. The van der Waals surface area contributed by atoms with Crippen molar-refractivity contribution in [2.75, 3.05) is 13.2 Å². The lowest BCUT2D eigenvalue weighted by molar-refractivity contribution is -0.167. The predicted octanol–water partition coefficient (Wildman–Crippen LogP) is 23.8. The van der Waals surface area contributed by atoms with Crippen molar-refractivity contribution >= 4 is 17.9 Å². The summed E-state index contributed by atoms with van der Waals surface area (Å²) in [4.78, 5) is 38.5. The van der Waals surface area contributed by atoms with Gasteiger partial charge in [-0.3, -0.25) is 14.4 Å². The van der Waals surface area contributed by atoms with Crippen LogP contribution in [0.25, 0.3) is 0 Å². The van der Waals surface area contributed by atoms with Gasteiger partial charge in [-0.2, -0.15) is 0 Å². The van der Waals surface area contributed by atoms with Crippen LogP contribution in [-0.2, 0) is 28.6 Å². The normalized spacial score (nSPS) is 12.5. The fourth-order valence-electron chi connectivity index (χ4n) is 11.1. The van der Waals surface area contributed by atoms with E-state index in [2.05, 4.69) is 41.5 Å². The van der Waals surface area contributed by atoms with Crippen LogP contribution in [-0.4, -0.2) is 37.2 Å². The Labute approximate surface area is 482 Å². The van der Waals surface area contributed by atoms with Crippen molar-refractivity contribution < 1.29 is 28.6 Å². The van der Waals surface area contributed by atoms with Crippen LogP contribution in [0, 0.1) is 17.8 Å². The molecule has 0 aromatic carbocycles. The largest absolute Gasteiger partial charge is 0.462 e. The lowest BCUT2D eigenvalue weighted by atomic mass is 9.99. The summed E-state index contributed by atoms with van der Waals surface area (Å²) in [7, 11) is 0. The third-order valence-electron chi connectivity index (χ3n) is 16.8. The minimum Gasteiger partial charge on any atom is -0.462 e. The summed E-state index contributed by atoms with van der Waals surface area (Å²) >= 11 is 0. The van der Waals surface area contributed by atoms with E-state index in [1.54, 1.807) is 0 Å². The van der Waals surface area contributed by atoms with E-state index in [0.717, 1.165) is 75.5 Å². The number of carbonyl (C=O) groups excluding carboxylic acids is 3. The number of hydrogen-bond donors (Lipinski definition) is 0. The molecule has 77 heavy (non-hydrogen) atoms. The number of rotatable bonds is 64. The van der Waals surface area contributed by atoms with Crippen LogP contribution in [0.1, 0.15) is 401 Å². The van der Waals surface area contributed by atoms with Crippen LogP contribution in [0.15, 0.2) is 0 Å². The van der Waals surface area contributed by atoms with Gasteiger partial charge >= 0.3 is 17.9 Å². The average Bonchev–Trinajstić information content (AvgIpc) is 3.41. The van der Waals surface area contributed by atoms with Crippen LogP contribution in [0.3, 0.4) is 0 Å². The minimum atomic E-state index is -0.765. The molecule has 0 aromatic rings. The summed E-state index contributed by atoms with van der Waals surface area (Å²) in [6.07, 6.45) is 69.7. The maximum Gasteiger partial charge on any atom is 0.306 e. The van der Waals surface area contributed by atoms with Crippen molar-refractivity contribution in [1.82, 2.24) is 0 Å². The van der Waals surface area contributed by atoms with E-state index in [0.29, 0.717) is 19.3 Å². The zero-order valence-electron chi connectivity index (χ0n) is 53.3. The van der Waals surface area contributed by atoms with Crippen molar-refractivity contribution in [3.05, 3.63) is 0 Å². The second-order valence-electron chi connectivity index (χ2n) is 25.7. The molecule has 0 aliphatic carbocycles. The fourth-order valence-corrected chi connectivity index (χ4v) is 11.1. The Kier molecular flexibility index (Phi) is 60.7. The van der Waals surface area contributed by atoms with Crippen molar-refractivity contribution in [2.45, 2.75) is 407 Å². The highest BCUT2D eigenvalue weighted by Crippen LogP contribution is 2.20. The third-order valence-corrected chi connectivity index (χ3v) is 16.8. The Bertz CT molecular complexity index is 1200. The number of carbonyl (C=O) groups is 3. The predicted molar refractivity (Wildman–Crippen MR) is 335 cm³/mol. The molecule has 1 unspecified atom stereocenters. The molecule has 0 spiro atoms. The molecule has 0 radical (unpaired) electrons. The first kappa shape index (κ1) is 75.4. The molecular weight excluding hydrogens is 949 g/mol. The highest BCUT2D eigenvalue weighted by atomic mass is 16.6. The molecular formula is C71H138O6. The second kappa shape index (κ2) is 62.0. The summed E-state index contributed by atoms with van der Waals surface area (Å²) in [6, 6.07) is 0. The third kappa shape index (κ3) is 63.5. The van der Waals surface area contributed by atoms with Gasteiger partial charge in [0.2, 0.25) is 0 Å². The molecule has 0 aliphatic heterocycles. The molecule has 0 aromatic heterocycles. The molecule has 0 N–H and O–H groups in total. The maximum atomic E-state index is 13.0. The van der Waals surface area contributed by atoms with Crippen molar-refractivity contribution in [3.8, 4) is 0 Å². The Morgan fingerprint density at radius 3 is 0.675 bits per heavy atom. The number of unbranched alkanes of at least 4 members (excludes halogenated alkanes) is 46. The van der Waals surface area contributed by atoms with Crippen molar-refractivity contribution in [3.63, 3.8) is 0 Å². The molecule has 458 valence electrons. The summed E-state index contributed by atoms with van der Waals surface area (Å²) in [6.45, 7) is 13.9. The first-order valence-corrected chi connectivity index (χ1v) is 35.1. The Balaban J connectivity index is 4.28. The molecule has 0 saturated heterocycles. The molecule has 6 heteroatoms. The Morgan fingerprint density at radius 2 is 0.455 bits per heavy atom. The summed E-state index contributed by atoms with van der Waals surface area (Å²) in [5, 5.41) is 0. The minimum absolute atomic E-state index is 0.0618. The van der Waals surface area contributed by atoms with Crippen LogP contribution < -0.4 is 0 Å². The highest BCUT2D eigenvalue weighted by molar-refractivity contribution is 5.71. The molecule has 0 fully saturated rings. The molecule has 0 heterocycles. The Hall–Kier alpha value is -1.59. The molecule has 6 nitrogen and oxygen atoms in total. The van der Waals surface area contributed by atoms with Gasteiger partial charge in [0.1, 0.15) is 13.2 Å². The highest BCUT2D eigenvalue weighted by Gasteiger charge is 2.20. The molecule has 0 saturated carbocycles. The summed E-state index contributed by atoms with van der Waals surface area (Å²) < 4.78 is 17.0. The van der Waals surface area contributed by atoms with Gasteiger partial charge in [-0.05, 0) is 37.0 Å². The first-order chi connectivity index (χ1) is 37.6. The SMILES string of the molecule is CCC(C)CCCCCCCCCCCCCCCCCCCCC(=O)OC[C@H](COC(=O)CCCCCCCCCCCCCCCCCC(C)C)OC(=O)CCCCCCCCCCCCCCCCCCC(C)C. The van der Waals surface area contributed by atoms with Crippen LogP contribution in [0.2, 0.25) is 0 Å². The van der Waals surface area contributed by atoms with Gasteiger partial charge in [0.25, 0.3) is 0 Å². The second-order valence-corrected chi connectivity index (χ2v) is 25.7. The van der Waals surface area contributed by atoms with Gasteiger partial charge in [0, 0.05) is 19.3 Å². The quantitative estimate of drug-likeness (QED) is 0.0343. The van der Waals surface area contributed by atoms with E-state index in [-0.39, 0.29) is 31.1 Å². The van der Waals surface area contributed by atoms with Gasteiger partial charge in [-0.25, -0.2) is 0 Å². The topological polar surface area (TPSA) is 78.9 Å². The van der Waals surface area contributed by atoms with Crippen LogP contribution in [0.5, 0.6) is 0 Å². The van der Waals surface area contributed by atoms with Gasteiger partial charge in [0.15, 0.2) is 6.10 Å². The summed E-state index contributed by atoms with van der Waals surface area (Å²) in [5.41, 5.74) is 0. The standard InChI is InChI=1S/C71H138O6/c1-7-67(6)59-53-47-41-35-29-23-17-10-8-9-11-18-24-30-36-42-48-54-60-69(72)75-63-68(64-76-70(73)61-55-49-43-37-31-25-20-14-16-22-28-34-40-46-52-58-66(4)5)77-71(74)62-56-50-44-38-32-26-19-13-12-15-21-27-33-39-45-51-57-65(2)3/h65-68H,7-64H2,1-6H3/t67?,68-/m1/s1. The zero-order chi connectivity index (χ0) is 56.2. The van der Waals surface area contributed by atoms with E-state index in [9.17, 15) is 14.4 Å². The van der Waals surface area contributed by atoms with Gasteiger partial charge in [-0.15, -0.1) is 0 Å². The van der Waals surface area contributed by atoms with Gasteiger partial charge in [-0.1, -0.05) is 363 Å². The van der Waals surface area contributed by atoms with E-state index in [4.69, 9.17) is 14.2 Å². The molecule has 0 amide bonds. The molecule has 0 rings (SSSR count). The lowest BCUT2D eigenvalue weighted by Crippen LogP contribution is -2.30. The first-order valence-electron chi connectivity index (χ1n) is 35.1. The van der Waals surface area contributed by atoms with E-state index in [1.165, 1.54) is 283 Å². The number of esters is 3. The summed E-state index contributed by atoms with van der Waals surface area (Å²) in [5.74, 6) is 1.78. The smallest absolute Gasteiger partial charge is 0.306 e. The van der Waals surface area contributed by atoms with Gasteiger partial charge in [0.05, 0.1) is 0 Å². The maximum absolute atomic E-state index is 13.0. The zero-order valence-corrected chi connectivity index (χ0v) is 53.3. The number of ether oxygens (including phenoxy) is 3. The fraction of sp³-hybridized carbons (Fsp3) is 0.958. The number of hydrogen-bond acceptors (Lipinski definition) is 6. The monoisotopic (exact) mass is 1090 g/mol.